The summed E-state index contributed by atoms with van der Waals surface area (Å²) < 4.78 is 38.3. The minimum Gasteiger partial charge on any atom is -0.382 e. The van der Waals surface area contributed by atoms with E-state index in [1.54, 1.807) is 12.1 Å². The van der Waals surface area contributed by atoms with Crippen molar-refractivity contribution in [3.8, 4) is 11.3 Å². The predicted octanol–water partition coefficient (Wildman–Crippen LogP) is 4.15. The number of rotatable bonds is 6. The number of benzene rings is 1. The smallest absolute Gasteiger partial charge is 0.268 e. The third kappa shape index (κ3) is 4.59. The Hall–Kier alpha value is -3.00. The van der Waals surface area contributed by atoms with E-state index in [-0.39, 0.29) is 17.4 Å². The van der Waals surface area contributed by atoms with Crippen molar-refractivity contribution in [2.24, 2.45) is 0 Å². The monoisotopic (exact) mass is 374 g/mol. The molecule has 8 heteroatoms. The van der Waals surface area contributed by atoms with E-state index >= 15 is 0 Å². The van der Waals surface area contributed by atoms with Gasteiger partial charge in [0.15, 0.2) is 0 Å². The second-order valence-electron chi connectivity index (χ2n) is 5.99. The van der Waals surface area contributed by atoms with Crippen LogP contribution in [0, 0.1) is 5.82 Å². The normalized spacial score (nSPS) is 13.4. The van der Waals surface area contributed by atoms with E-state index in [0.717, 1.165) is 5.56 Å². The summed E-state index contributed by atoms with van der Waals surface area (Å²) in [4.78, 5) is 12.4. The standard InChI is InChI=1S/C19H17F3N4O/c1-11(12-2-4-15(20)5-3-12)26-17-10-24-16(9-25-17)13-6-14(8-23-7-13)18(27)19(21)22/h2-11,18-19,27H,1H3,(H,25,26)/t11-,18?/m1/s1. The molecular weight excluding hydrogens is 357 g/mol. The molecule has 0 radical (unpaired) electrons. The number of nitrogens with one attached hydrogen (secondary N) is 1. The average molecular weight is 374 g/mol. The van der Waals surface area contributed by atoms with Gasteiger partial charge >= 0.3 is 0 Å². The molecule has 1 aromatic carbocycles. The molecule has 0 aliphatic carbocycles. The zero-order valence-corrected chi connectivity index (χ0v) is 14.4. The molecule has 0 saturated heterocycles. The van der Waals surface area contributed by atoms with E-state index < -0.39 is 12.5 Å². The summed E-state index contributed by atoms with van der Waals surface area (Å²) in [6.45, 7) is 1.90. The molecule has 0 aliphatic rings. The lowest BCUT2D eigenvalue weighted by Gasteiger charge is -2.15. The van der Waals surface area contributed by atoms with Crippen molar-refractivity contribution in [3.63, 3.8) is 0 Å². The zero-order valence-electron chi connectivity index (χ0n) is 14.4. The third-order valence-corrected chi connectivity index (χ3v) is 4.02. The molecule has 0 amide bonds. The van der Waals surface area contributed by atoms with Crippen LogP contribution in [0.4, 0.5) is 19.0 Å². The molecule has 3 aromatic rings. The summed E-state index contributed by atoms with van der Waals surface area (Å²) in [7, 11) is 0. The number of hydrogen-bond acceptors (Lipinski definition) is 5. The van der Waals surface area contributed by atoms with Gasteiger partial charge in [-0.15, -0.1) is 0 Å². The minimum atomic E-state index is -2.90. The van der Waals surface area contributed by atoms with Crippen LogP contribution in [0.1, 0.15) is 30.2 Å². The maximum absolute atomic E-state index is 13.0. The first-order chi connectivity index (χ1) is 12.9. The number of aliphatic hydroxyl groups is 1. The summed E-state index contributed by atoms with van der Waals surface area (Å²) in [5.41, 5.74) is 1.81. The predicted molar refractivity (Wildman–Crippen MR) is 94.7 cm³/mol. The van der Waals surface area contributed by atoms with Gasteiger partial charge in [0.2, 0.25) is 0 Å². The second kappa shape index (κ2) is 8.13. The molecule has 5 nitrogen and oxygen atoms in total. The van der Waals surface area contributed by atoms with Crippen molar-refractivity contribution in [2.75, 3.05) is 5.32 Å². The Morgan fingerprint density at radius 2 is 1.70 bits per heavy atom. The van der Waals surface area contributed by atoms with Crippen molar-refractivity contribution in [1.82, 2.24) is 15.0 Å². The van der Waals surface area contributed by atoms with Crippen LogP contribution in [0.5, 0.6) is 0 Å². The number of hydrogen-bond donors (Lipinski definition) is 2. The largest absolute Gasteiger partial charge is 0.382 e. The number of pyridine rings is 1. The molecule has 3 rings (SSSR count). The summed E-state index contributed by atoms with van der Waals surface area (Å²) in [6, 6.07) is 7.42. The van der Waals surface area contributed by atoms with Crippen LogP contribution in [-0.2, 0) is 0 Å². The number of halogens is 3. The van der Waals surface area contributed by atoms with Gasteiger partial charge in [0.1, 0.15) is 17.7 Å². The number of alkyl halides is 2. The topological polar surface area (TPSA) is 70.9 Å². The highest BCUT2D eigenvalue weighted by atomic mass is 19.3. The molecule has 140 valence electrons. The SMILES string of the molecule is C[C@@H](Nc1cnc(-c2cncc(C(O)C(F)F)c2)cn1)c1ccc(F)cc1. The van der Waals surface area contributed by atoms with Crippen LogP contribution in [-0.4, -0.2) is 26.5 Å². The third-order valence-electron chi connectivity index (χ3n) is 4.02. The fourth-order valence-electron chi connectivity index (χ4n) is 2.51. The summed E-state index contributed by atoms with van der Waals surface area (Å²) >= 11 is 0. The van der Waals surface area contributed by atoms with Crippen molar-refractivity contribution in [1.29, 1.82) is 0 Å². The van der Waals surface area contributed by atoms with Crippen molar-refractivity contribution in [2.45, 2.75) is 25.5 Å². The number of aliphatic hydroxyl groups excluding tert-OH is 1. The quantitative estimate of drug-likeness (QED) is 0.678. The molecule has 2 N–H and O–H groups in total. The Labute approximate surface area is 154 Å². The Bertz CT molecular complexity index is 888. The van der Waals surface area contributed by atoms with E-state index in [4.69, 9.17) is 0 Å². The van der Waals surface area contributed by atoms with Crippen LogP contribution in [0.25, 0.3) is 11.3 Å². The van der Waals surface area contributed by atoms with Crippen molar-refractivity contribution < 1.29 is 18.3 Å². The van der Waals surface area contributed by atoms with Gasteiger partial charge in [0.25, 0.3) is 6.43 Å². The van der Waals surface area contributed by atoms with Crippen LogP contribution in [0.15, 0.2) is 55.1 Å². The molecule has 27 heavy (non-hydrogen) atoms. The first-order valence-corrected chi connectivity index (χ1v) is 8.19. The Morgan fingerprint density at radius 1 is 0.963 bits per heavy atom. The van der Waals surface area contributed by atoms with Gasteiger partial charge in [-0.05, 0) is 30.7 Å². The first-order valence-electron chi connectivity index (χ1n) is 8.19. The molecule has 0 fully saturated rings. The first kappa shape index (κ1) is 18.8. The minimum absolute atomic E-state index is 0.0106. The highest BCUT2D eigenvalue weighted by Gasteiger charge is 2.20. The van der Waals surface area contributed by atoms with E-state index in [1.165, 1.54) is 43.0 Å². The fraction of sp³-hybridized carbons (Fsp3) is 0.211. The van der Waals surface area contributed by atoms with Crippen LogP contribution in [0.2, 0.25) is 0 Å². The molecular formula is C19H17F3N4O. The molecule has 0 spiro atoms. The van der Waals surface area contributed by atoms with Crippen LogP contribution < -0.4 is 5.32 Å². The Morgan fingerprint density at radius 3 is 2.33 bits per heavy atom. The van der Waals surface area contributed by atoms with E-state index in [2.05, 4.69) is 20.3 Å². The van der Waals surface area contributed by atoms with E-state index in [9.17, 15) is 18.3 Å². The lowest BCUT2D eigenvalue weighted by molar-refractivity contribution is -0.00593. The summed E-state index contributed by atoms with van der Waals surface area (Å²) in [6.07, 6.45) is 0.838. The maximum atomic E-state index is 13.0. The van der Waals surface area contributed by atoms with Gasteiger partial charge in [-0.2, -0.15) is 0 Å². The van der Waals surface area contributed by atoms with E-state index in [0.29, 0.717) is 17.1 Å². The van der Waals surface area contributed by atoms with Gasteiger partial charge in [-0.3, -0.25) is 9.97 Å². The van der Waals surface area contributed by atoms with Crippen molar-refractivity contribution >= 4 is 5.82 Å². The molecule has 2 aromatic heterocycles. The second-order valence-corrected chi connectivity index (χ2v) is 5.99. The average Bonchev–Trinajstić information content (AvgIpc) is 2.68. The van der Waals surface area contributed by atoms with Gasteiger partial charge in [-0.1, -0.05) is 12.1 Å². The fourth-order valence-corrected chi connectivity index (χ4v) is 2.51. The number of aromatic nitrogens is 3. The highest BCUT2D eigenvalue weighted by molar-refractivity contribution is 5.58. The molecule has 2 heterocycles. The zero-order chi connectivity index (χ0) is 19.4. The lowest BCUT2D eigenvalue weighted by Crippen LogP contribution is -2.09. The summed E-state index contributed by atoms with van der Waals surface area (Å²) in [5, 5.41) is 12.6. The molecule has 0 aliphatic heterocycles. The van der Waals surface area contributed by atoms with Gasteiger partial charge < -0.3 is 10.4 Å². The van der Waals surface area contributed by atoms with Gasteiger partial charge in [0, 0.05) is 29.6 Å². The van der Waals surface area contributed by atoms with E-state index in [1.807, 2.05) is 6.92 Å². The number of nitrogens with zero attached hydrogens (tertiary/aromatic N) is 3. The van der Waals surface area contributed by atoms with Gasteiger partial charge in [0.05, 0.1) is 18.1 Å². The lowest BCUT2D eigenvalue weighted by atomic mass is 10.1. The molecule has 2 atom stereocenters. The highest BCUT2D eigenvalue weighted by Crippen LogP contribution is 2.25. The molecule has 0 saturated carbocycles. The molecule has 0 bridgehead atoms. The van der Waals surface area contributed by atoms with Crippen LogP contribution in [0.3, 0.4) is 0 Å². The Balaban J connectivity index is 1.73. The molecule has 1 unspecified atom stereocenters. The summed E-state index contributed by atoms with van der Waals surface area (Å²) in [5.74, 6) is 0.204. The maximum Gasteiger partial charge on any atom is 0.268 e. The van der Waals surface area contributed by atoms with Gasteiger partial charge in [-0.25, -0.2) is 18.2 Å². The Kier molecular flexibility index (Phi) is 5.66. The van der Waals surface area contributed by atoms with Crippen molar-refractivity contribution in [3.05, 3.63) is 72.1 Å². The number of anilines is 1. The van der Waals surface area contributed by atoms with Crippen LogP contribution >= 0.6 is 0 Å².